The van der Waals surface area contributed by atoms with Gasteiger partial charge in [0, 0.05) is 19.3 Å². The van der Waals surface area contributed by atoms with Crippen molar-refractivity contribution in [2.75, 3.05) is 27.8 Å². The lowest BCUT2D eigenvalue weighted by Crippen LogP contribution is -2.60. The molecule has 2 amide bonds. The number of carboxylic acids is 1. The number of hydrogen-bond acceptors (Lipinski definition) is 5. The molecule has 2 atom stereocenters. The van der Waals surface area contributed by atoms with Crippen LogP contribution in [0.3, 0.4) is 0 Å². The first-order chi connectivity index (χ1) is 17.7. The lowest BCUT2D eigenvalue weighted by Gasteiger charge is -2.37. The van der Waals surface area contributed by atoms with Crippen LogP contribution in [0.1, 0.15) is 28.8 Å². The zero-order valence-corrected chi connectivity index (χ0v) is 21.3. The van der Waals surface area contributed by atoms with Crippen LogP contribution in [-0.2, 0) is 16.0 Å². The number of hydrogen-bond donors (Lipinski definition) is 2. The van der Waals surface area contributed by atoms with Gasteiger partial charge in [-0.05, 0) is 41.0 Å². The fourth-order valence-electron chi connectivity index (χ4n) is 4.46. The number of nitrogens with two attached hydrogens (primary N) is 1. The highest BCUT2D eigenvalue weighted by atomic mass is 16.5. The van der Waals surface area contributed by atoms with E-state index in [1.54, 1.807) is 32.4 Å². The Kier molecular flexibility index (Phi) is 9.03. The second-order valence-corrected chi connectivity index (χ2v) is 9.04. The number of nitrogens with zero attached hydrogens (tertiary/aromatic N) is 1. The van der Waals surface area contributed by atoms with Gasteiger partial charge in [-0.15, -0.1) is 0 Å². The summed E-state index contributed by atoms with van der Waals surface area (Å²) in [5, 5.41) is 10.1. The molecular formula is C29H33N2O6+. The van der Waals surface area contributed by atoms with Crippen LogP contribution >= 0.6 is 0 Å². The Morgan fingerprint density at radius 3 is 2.08 bits per heavy atom. The van der Waals surface area contributed by atoms with Crippen molar-refractivity contribution in [3.05, 3.63) is 83.9 Å². The number of rotatable bonds is 12. The third-order valence-electron chi connectivity index (χ3n) is 6.65. The van der Waals surface area contributed by atoms with Gasteiger partial charge in [0.1, 0.15) is 0 Å². The maximum atomic E-state index is 13.9. The fourth-order valence-corrected chi connectivity index (χ4v) is 4.46. The van der Waals surface area contributed by atoms with E-state index in [0.29, 0.717) is 23.5 Å². The van der Waals surface area contributed by atoms with Crippen molar-refractivity contribution >= 4 is 17.8 Å². The molecule has 3 rings (SSSR count). The quantitative estimate of drug-likeness (QED) is 0.361. The Morgan fingerprint density at radius 1 is 0.892 bits per heavy atom. The molecule has 0 heterocycles. The number of quaternary nitrogens is 1. The van der Waals surface area contributed by atoms with Crippen LogP contribution in [0.5, 0.6) is 11.5 Å². The van der Waals surface area contributed by atoms with Gasteiger partial charge in [0.2, 0.25) is 5.91 Å². The smallest absolute Gasteiger partial charge is 0.363 e. The summed E-state index contributed by atoms with van der Waals surface area (Å²) >= 11 is 0. The second-order valence-electron chi connectivity index (χ2n) is 9.04. The van der Waals surface area contributed by atoms with Gasteiger partial charge in [-0.1, -0.05) is 48.5 Å². The molecule has 0 aliphatic rings. The first kappa shape index (κ1) is 27.4. The molecule has 0 radical (unpaired) electrons. The number of likely N-dealkylation sites (N-methyl/N-ethyl adjacent to an activating group) is 1. The van der Waals surface area contributed by atoms with E-state index >= 15 is 0 Å². The van der Waals surface area contributed by atoms with Crippen LogP contribution < -0.4 is 15.2 Å². The van der Waals surface area contributed by atoms with Crippen molar-refractivity contribution in [3.63, 3.8) is 0 Å². The molecule has 0 fully saturated rings. The maximum absolute atomic E-state index is 13.9. The van der Waals surface area contributed by atoms with Gasteiger partial charge in [0.25, 0.3) is 0 Å². The van der Waals surface area contributed by atoms with Crippen molar-refractivity contribution in [1.29, 1.82) is 0 Å². The summed E-state index contributed by atoms with van der Waals surface area (Å²) in [6, 6.07) is 21.1. The molecule has 0 aromatic heterocycles. The molecule has 8 nitrogen and oxygen atoms in total. The summed E-state index contributed by atoms with van der Waals surface area (Å²) in [4.78, 5) is 37.8. The number of primary amides is 1. The summed E-state index contributed by atoms with van der Waals surface area (Å²) in [5.74, 6) is -1.01. The molecule has 0 aliphatic heterocycles. The number of carbonyl (C=O) groups excluding carboxylic acids is 2. The van der Waals surface area contributed by atoms with Crippen LogP contribution in [0.2, 0.25) is 0 Å². The van der Waals surface area contributed by atoms with E-state index in [0.717, 1.165) is 16.7 Å². The molecule has 3 N–H and O–H groups in total. The Balaban J connectivity index is 1.95. The molecule has 0 bridgehead atoms. The first-order valence-corrected chi connectivity index (χ1v) is 12.0. The standard InChI is InChI=1S/C29H32N2O6/c1-31(24(29(34)35)14-16-27(30)32,18-17-20-9-15-25(36-2)26(19-20)37-3)28(33)23-12-10-22(11-13-23)21-7-5-4-6-8-21/h4-13,15,19,24H,14,16-18H2,1-3H3,(H2-,30,32,34,35)/p+1/t24-,31?/m0/s1. The Labute approximate surface area is 216 Å². The van der Waals surface area contributed by atoms with Crippen molar-refractivity contribution in [2.45, 2.75) is 25.3 Å². The Hall–Kier alpha value is -4.17. The molecule has 194 valence electrons. The van der Waals surface area contributed by atoms with Crippen LogP contribution in [0, 0.1) is 0 Å². The lowest BCUT2D eigenvalue weighted by atomic mass is 10.00. The molecular weight excluding hydrogens is 472 g/mol. The molecule has 0 saturated carbocycles. The molecule has 0 aliphatic carbocycles. The van der Waals surface area contributed by atoms with Gasteiger partial charge in [0.15, 0.2) is 17.5 Å². The third kappa shape index (κ3) is 6.54. The summed E-state index contributed by atoms with van der Waals surface area (Å²) in [7, 11) is 4.69. The summed E-state index contributed by atoms with van der Waals surface area (Å²) in [6.45, 7) is 0.185. The molecule has 0 spiro atoms. The molecule has 8 heteroatoms. The number of ether oxygens (including phenoxy) is 2. The SMILES string of the molecule is COc1ccc(CC[N+](C)(C(=O)c2ccc(-c3ccccc3)cc2)[C@@H](CCC(N)=O)C(=O)O)cc1OC. The van der Waals surface area contributed by atoms with Crippen molar-refractivity contribution in [3.8, 4) is 22.6 Å². The number of amides is 2. The normalized spacial score (nSPS) is 13.3. The molecule has 3 aromatic carbocycles. The van der Waals surface area contributed by atoms with Crippen LogP contribution in [0.15, 0.2) is 72.8 Å². The Morgan fingerprint density at radius 2 is 1.51 bits per heavy atom. The van der Waals surface area contributed by atoms with Gasteiger partial charge in [-0.25, -0.2) is 14.1 Å². The zero-order valence-electron chi connectivity index (χ0n) is 21.3. The first-order valence-electron chi connectivity index (χ1n) is 12.0. The average Bonchev–Trinajstić information content (AvgIpc) is 2.91. The van der Waals surface area contributed by atoms with Crippen molar-refractivity contribution in [1.82, 2.24) is 0 Å². The largest absolute Gasteiger partial charge is 0.493 e. The van der Waals surface area contributed by atoms with E-state index in [2.05, 4.69) is 0 Å². The highest BCUT2D eigenvalue weighted by Crippen LogP contribution is 2.29. The number of carboxylic acid groups (broad SMARTS) is 1. The predicted octanol–water partition coefficient (Wildman–Crippen LogP) is 3.92. The summed E-state index contributed by atoms with van der Waals surface area (Å²) in [5.41, 5.74) is 8.52. The van der Waals surface area contributed by atoms with Crippen molar-refractivity contribution < 1.29 is 33.4 Å². The van der Waals surface area contributed by atoms with Crippen LogP contribution in [0.25, 0.3) is 11.1 Å². The number of benzene rings is 3. The lowest BCUT2D eigenvalue weighted by molar-refractivity contribution is -0.846. The molecule has 0 saturated heterocycles. The molecule has 3 aromatic rings. The average molecular weight is 506 g/mol. The van der Waals surface area contributed by atoms with Crippen molar-refractivity contribution in [2.24, 2.45) is 5.73 Å². The van der Waals surface area contributed by atoms with Crippen LogP contribution in [-0.4, -0.2) is 61.2 Å². The van der Waals surface area contributed by atoms with E-state index in [4.69, 9.17) is 15.2 Å². The van der Waals surface area contributed by atoms with Crippen LogP contribution in [0.4, 0.5) is 0 Å². The maximum Gasteiger partial charge on any atom is 0.363 e. The van der Waals surface area contributed by atoms with E-state index in [1.165, 1.54) is 7.11 Å². The number of aliphatic carboxylic acids is 1. The predicted molar refractivity (Wildman–Crippen MR) is 140 cm³/mol. The van der Waals surface area contributed by atoms with E-state index < -0.39 is 22.4 Å². The minimum Gasteiger partial charge on any atom is -0.493 e. The zero-order chi connectivity index (χ0) is 27.0. The Bertz CT molecular complexity index is 1240. The van der Waals surface area contributed by atoms with Gasteiger partial charge in [0.05, 0.1) is 33.4 Å². The molecule has 1 unspecified atom stereocenters. The van der Waals surface area contributed by atoms with Gasteiger partial charge >= 0.3 is 11.9 Å². The van der Waals surface area contributed by atoms with E-state index in [-0.39, 0.29) is 25.3 Å². The minimum atomic E-state index is -1.16. The highest BCUT2D eigenvalue weighted by molar-refractivity contribution is 5.91. The monoisotopic (exact) mass is 505 g/mol. The minimum absolute atomic E-state index is 0.0546. The van der Waals surface area contributed by atoms with E-state index in [1.807, 2.05) is 54.6 Å². The van der Waals surface area contributed by atoms with Gasteiger partial charge in [-0.2, -0.15) is 0 Å². The number of methoxy groups -OCH3 is 2. The second kappa shape index (κ2) is 12.2. The topological polar surface area (TPSA) is 116 Å². The molecule has 37 heavy (non-hydrogen) atoms. The summed E-state index contributed by atoms with van der Waals surface area (Å²) in [6.07, 6.45) is 0.202. The fraction of sp³-hybridized carbons (Fsp3) is 0.276. The van der Waals surface area contributed by atoms with Gasteiger partial charge in [-0.3, -0.25) is 4.79 Å². The number of carbonyl (C=O) groups is 3. The highest BCUT2D eigenvalue weighted by Gasteiger charge is 2.45. The third-order valence-corrected chi connectivity index (χ3v) is 6.65. The van der Waals surface area contributed by atoms with Gasteiger partial charge < -0.3 is 20.3 Å². The van der Waals surface area contributed by atoms with E-state index in [9.17, 15) is 19.5 Å². The summed E-state index contributed by atoms with van der Waals surface area (Å²) < 4.78 is 10.2.